The molecule has 0 bridgehead atoms. The first-order valence-electron chi connectivity index (χ1n) is 7.51. The van der Waals surface area contributed by atoms with Gasteiger partial charge in [0.1, 0.15) is 0 Å². The lowest BCUT2D eigenvalue weighted by molar-refractivity contribution is 0.266. The Morgan fingerprint density at radius 3 is 2.24 bits per heavy atom. The predicted octanol–water partition coefficient (Wildman–Crippen LogP) is 4.54. The van der Waals surface area contributed by atoms with E-state index in [2.05, 4.69) is 68.0 Å². The van der Waals surface area contributed by atoms with E-state index in [9.17, 15) is 5.11 Å². The van der Waals surface area contributed by atoms with Crippen LogP contribution in [0.2, 0.25) is 0 Å². The van der Waals surface area contributed by atoms with E-state index in [0.717, 1.165) is 12.8 Å². The first-order chi connectivity index (χ1) is 10.3. The molecule has 0 unspecified atom stereocenters. The van der Waals surface area contributed by atoms with Crippen molar-refractivity contribution in [3.8, 4) is 0 Å². The summed E-state index contributed by atoms with van der Waals surface area (Å²) in [6.45, 7) is 2.36. The molecule has 0 fully saturated rings. The van der Waals surface area contributed by atoms with Crippen LogP contribution in [0.1, 0.15) is 24.5 Å². The van der Waals surface area contributed by atoms with Crippen molar-refractivity contribution in [3.05, 3.63) is 84.3 Å². The average molecular weight is 279 g/mol. The summed E-state index contributed by atoms with van der Waals surface area (Å²) in [5.41, 5.74) is 3.82. The monoisotopic (exact) mass is 279 g/mol. The lowest BCUT2D eigenvalue weighted by atomic mass is 9.92. The third kappa shape index (κ3) is 5.20. The summed E-state index contributed by atoms with van der Waals surface area (Å²) in [5.74, 6) is 0.371. The molecule has 0 saturated carbocycles. The number of allylic oxidation sites excluding steroid dienone is 2. The largest absolute Gasteiger partial charge is 0.396 e. The van der Waals surface area contributed by atoms with Crippen molar-refractivity contribution in [2.45, 2.75) is 19.8 Å². The smallest absolute Gasteiger partial charge is 0.0433 e. The highest BCUT2D eigenvalue weighted by Gasteiger charge is 2.08. The molecule has 0 heterocycles. The highest BCUT2D eigenvalue weighted by molar-refractivity contribution is 5.64. The summed E-state index contributed by atoms with van der Waals surface area (Å²) in [6, 6.07) is 20.8. The van der Waals surface area contributed by atoms with Crippen LogP contribution in [-0.2, 0) is 6.42 Å². The van der Waals surface area contributed by atoms with Crippen LogP contribution >= 0.6 is 0 Å². The fraction of sp³-hybridized carbons (Fsp3) is 0.250. The molecular weight excluding hydrogens is 256 g/mol. The van der Waals surface area contributed by atoms with E-state index in [0.29, 0.717) is 5.92 Å². The number of aliphatic hydroxyl groups is 1. The summed E-state index contributed by atoms with van der Waals surface area (Å²) in [5, 5.41) is 9.26. The zero-order chi connectivity index (χ0) is 14.9. The molecule has 0 aliphatic heterocycles. The highest BCUT2D eigenvalue weighted by Crippen LogP contribution is 2.19. The van der Waals surface area contributed by atoms with Crippen molar-refractivity contribution < 1.29 is 5.11 Å². The van der Waals surface area contributed by atoms with Crippen LogP contribution in [0.3, 0.4) is 0 Å². The molecule has 0 aliphatic rings. The van der Waals surface area contributed by atoms with Gasteiger partial charge in [-0.15, -0.1) is 0 Å². The third-order valence-corrected chi connectivity index (χ3v) is 3.69. The van der Waals surface area contributed by atoms with Crippen molar-refractivity contribution in [2.75, 3.05) is 6.61 Å². The Balaban J connectivity index is 1.99. The quantitative estimate of drug-likeness (QED) is 0.789. The lowest BCUT2D eigenvalue weighted by Gasteiger charge is -2.14. The second-order valence-corrected chi connectivity index (χ2v) is 5.37. The lowest BCUT2D eigenvalue weighted by Crippen LogP contribution is -2.07. The zero-order valence-electron chi connectivity index (χ0n) is 12.6. The number of benzene rings is 2. The minimum absolute atomic E-state index is 0.228. The molecule has 0 saturated heterocycles. The topological polar surface area (TPSA) is 20.2 Å². The zero-order valence-corrected chi connectivity index (χ0v) is 12.6. The van der Waals surface area contributed by atoms with E-state index in [-0.39, 0.29) is 6.61 Å². The van der Waals surface area contributed by atoms with Crippen LogP contribution in [-0.4, -0.2) is 11.7 Å². The Bertz CT molecular complexity index is 543. The Hall–Kier alpha value is -1.86. The second kappa shape index (κ2) is 8.43. The molecule has 1 atom stereocenters. The van der Waals surface area contributed by atoms with Crippen LogP contribution in [0.5, 0.6) is 0 Å². The Kier molecular flexibility index (Phi) is 6.23. The fourth-order valence-corrected chi connectivity index (χ4v) is 2.43. The maximum atomic E-state index is 9.26. The molecule has 0 aliphatic carbocycles. The predicted molar refractivity (Wildman–Crippen MR) is 89.7 cm³/mol. The van der Waals surface area contributed by atoms with Gasteiger partial charge in [-0.05, 0) is 48.8 Å². The van der Waals surface area contributed by atoms with Crippen molar-refractivity contribution in [3.63, 3.8) is 0 Å². The Labute approximate surface area is 128 Å². The van der Waals surface area contributed by atoms with Crippen LogP contribution in [0.4, 0.5) is 0 Å². The van der Waals surface area contributed by atoms with Gasteiger partial charge in [0.15, 0.2) is 0 Å². The SMILES string of the molecule is C/C(=C\[CH][C@H](CCO)Cc1ccccc1)c1ccccc1. The van der Waals surface area contributed by atoms with E-state index in [1.165, 1.54) is 16.7 Å². The summed E-state index contributed by atoms with van der Waals surface area (Å²) in [4.78, 5) is 0. The average Bonchev–Trinajstić information content (AvgIpc) is 2.54. The van der Waals surface area contributed by atoms with Gasteiger partial charge in [0.2, 0.25) is 0 Å². The third-order valence-electron chi connectivity index (χ3n) is 3.69. The minimum Gasteiger partial charge on any atom is -0.396 e. The van der Waals surface area contributed by atoms with Crippen molar-refractivity contribution >= 4 is 5.57 Å². The molecule has 0 aromatic heterocycles. The Morgan fingerprint density at radius 1 is 1.00 bits per heavy atom. The van der Waals surface area contributed by atoms with Crippen molar-refractivity contribution in [1.29, 1.82) is 0 Å². The summed E-state index contributed by atoms with van der Waals surface area (Å²) in [6.07, 6.45) is 6.18. The molecule has 0 amide bonds. The van der Waals surface area contributed by atoms with E-state index < -0.39 is 0 Å². The molecule has 1 heteroatoms. The normalized spacial score (nSPS) is 13.1. The standard InChI is InChI=1S/C20H23O/c1-17(20-10-6-3-7-11-20)12-13-19(14-15-21)16-18-8-4-2-5-9-18/h2-13,19,21H,14-16H2,1H3/b17-12+/t19-/m1/s1. The van der Waals surface area contributed by atoms with Gasteiger partial charge >= 0.3 is 0 Å². The van der Waals surface area contributed by atoms with Crippen molar-refractivity contribution in [2.24, 2.45) is 5.92 Å². The van der Waals surface area contributed by atoms with E-state index in [1.54, 1.807) is 0 Å². The van der Waals surface area contributed by atoms with Crippen LogP contribution in [0, 0.1) is 12.3 Å². The summed E-state index contributed by atoms with van der Waals surface area (Å²) in [7, 11) is 0. The van der Waals surface area contributed by atoms with Gasteiger partial charge in [0, 0.05) is 6.61 Å². The molecule has 1 nitrogen and oxygen atoms in total. The maximum Gasteiger partial charge on any atom is 0.0433 e. The molecule has 2 rings (SSSR count). The summed E-state index contributed by atoms with van der Waals surface area (Å²) >= 11 is 0. The molecule has 2 aromatic carbocycles. The molecule has 0 spiro atoms. The van der Waals surface area contributed by atoms with Crippen LogP contribution in [0.15, 0.2) is 66.7 Å². The number of aliphatic hydroxyl groups excluding tert-OH is 1. The number of hydrogen-bond donors (Lipinski definition) is 1. The molecule has 2 aromatic rings. The first-order valence-corrected chi connectivity index (χ1v) is 7.51. The fourth-order valence-electron chi connectivity index (χ4n) is 2.43. The van der Waals surface area contributed by atoms with E-state index >= 15 is 0 Å². The molecular formula is C20H23O. The number of rotatable bonds is 7. The summed E-state index contributed by atoms with van der Waals surface area (Å²) < 4.78 is 0. The van der Waals surface area contributed by atoms with Gasteiger partial charge in [0.05, 0.1) is 0 Å². The maximum absolute atomic E-state index is 9.26. The number of hydrogen-bond acceptors (Lipinski definition) is 1. The second-order valence-electron chi connectivity index (χ2n) is 5.37. The van der Waals surface area contributed by atoms with Crippen LogP contribution < -0.4 is 0 Å². The molecule has 1 radical (unpaired) electrons. The minimum atomic E-state index is 0.228. The Morgan fingerprint density at radius 2 is 1.62 bits per heavy atom. The van der Waals surface area contributed by atoms with Gasteiger partial charge in [-0.1, -0.05) is 66.7 Å². The molecule has 109 valence electrons. The van der Waals surface area contributed by atoms with Crippen molar-refractivity contribution in [1.82, 2.24) is 0 Å². The van der Waals surface area contributed by atoms with Gasteiger partial charge in [-0.2, -0.15) is 0 Å². The highest BCUT2D eigenvalue weighted by atomic mass is 16.3. The van der Waals surface area contributed by atoms with Gasteiger partial charge < -0.3 is 5.11 Å². The van der Waals surface area contributed by atoms with Gasteiger partial charge in [-0.25, -0.2) is 0 Å². The van der Waals surface area contributed by atoms with Gasteiger partial charge in [0.25, 0.3) is 0 Å². The van der Waals surface area contributed by atoms with Gasteiger partial charge in [-0.3, -0.25) is 0 Å². The molecule has 1 N–H and O–H groups in total. The van der Waals surface area contributed by atoms with E-state index in [4.69, 9.17) is 0 Å². The first kappa shape index (κ1) is 15.5. The van der Waals surface area contributed by atoms with E-state index in [1.807, 2.05) is 12.1 Å². The van der Waals surface area contributed by atoms with Crippen LogP contribution in [0.25, 0.3) is 5.57 Å². The molecule has 21 heavy (non-hydrogen) atoms.